The lowest BCUT2D eigenvalue weighted by Gasteiger charge is -2.34. The molecule has 3 aromatic carbocycles. The van der Waals surface area contributed by atoms with Crippen LogP contribution < -0.4 is 15.6 Å². The first-order chi connectivity index (χ1) is 13.5. The standard InChI is InChI=1S/C16H22OSi2.C8H12OSi/c1-18(2,15-11-7-5-8-12-15)17-19(3,4)16-13-9-6-10-14-16;1-10(2,9)8-6-4-3-5-7-8/h5-14H,1-4H3;3-7,9H,1-2H3. The fraction of sp³-hybridized carbons (Fsp3) is 0.250. The predicted octanol–water partition coefficient (Wildman–Crippen LogP) is 4.32. The average molecular weight is 439 g/mol. The summed E-state index contributed by atoms with van der Waals surface area (Å²) in [5.41, 5.74) is 0. The molecular weight excluding hydrogens is 405 g/mol. The van der Waals surface area contributed by atoms with Gasteiger partial charge in [-0.05, 0) is 54.8 Å². The zero-order valence-corrected chi connectivity index (χ0v) is 21.5. The highest BCUT2D eigenvalue weighted by molar-refractivity contribution is 6.96. The van der Waals surface area contributed by atoms with E-state index in [0.717, 1.165) is 5.19 Å². The third-order valence-corrected chi connectivity index (χ3v) is 14.2. The second-order valence-corrected chi connectivity index (χ2v) is 20.5. The molecule has 0 aliphatic carbocycles. The van der Waals surface area contributed by atoms with Crippen LogP contribution in [0.15, 0.2) is 91.0 Å². The van der Waals surface area contributed by atoms with Crippen molar-refractivity contribution in [2.75, 3.05) is 0 Å². The maximum absolute atomic E-state index is 9.63. The Morgan fingerprint density at radius 3 is 1.00 bits per heavy atom. The number of hydrogen-bond acceptors (Lipinski definition) is 2. The molecule has 0 bridgehead atoms. The van der Waals surface area contributed by atoms with E-state index < -0.39 is 25.0 Å². The van der Waals surface area contributed by atoms with Crippen LogP contribution in [0.2, 0.25) is 39.3 Å². The van der Waals surface area contributed by atoms with E-state index in [2.05, 4.69) is 86.9 Å². The maximum Gasteiger partial charge on any atom is 0.213 e. The predicted molar refractivity (Wildman–Crippen MR) is 134 cm³/mol. The number of rotatable bonds is 5. The molecule has 154 valence electrons. The van der Waals surface area contributed by atoms with Crippen LogP contribution >= 0.6 is 0 Å². The van der Waals surface area contributed by atoms with E-state index in [1.54, 1.807) is 0 Å². The molecule has 0 heterocycles. The Bertz CT molecular complexity index is 809. The van der Waals surface area contributed by atoms with Crippen molar-refractivity contribution in [3.63, 3.8) is 0 Å². The highest BCUT2D eigenvalue weighted by Gasteiger charge is 2.35. The normalized spacial score (nSPS) is 12.1. The van der Waals surface area contributed by atoms with Gasteiger partial charge in [-0.3, -0.25) is 0 Å². The van der Waals surface area contributed by atoms with E-state index in [1.807, 2.05) is 43.4 Å². The van der Waals surface area contributed by atoms with Gasteiger partial charge in [0, 0.05) is 0 Å². The fourth-order valence-corrected chi connectivity index (χ4v) is 12.3. The van der Waals surface area contributed by atoms with E-state index in [9.17, 15) is 4.80 Å². The van der Waals surface area contributed by atoms with Gasteiger partial charge >= 0.3 is 0 Å². The summed E-state index contributed by atoms with van der Waals surface area (Å²) in [4.78, 5) is 9.63. The topological polar surface area (TPSA) is 29.5 Å². The van der Waals surface area contributed by atoms with Crippen molar-refractivity contribution in [2.24, 2.45) is 0 Å². The van der Waals surface area contributed by atoms with E-state index >= 15 is 0 Å². The monoisotopic (exact) mass is 438 g/mol. The third kappa shape index (κ3) is 7.21. The molecule has 0 saturated heterocycles. The third-order valence-electron chi connectivity index (χ3n) is 4.93. The minimum absolute atomic E-state index is 1.09. The van der Waals surface area contributed by atoms with Crippen molar-refractivity contribution in [2.45, 2.75) is 39.3 Å². The molecule has 0 fully saturated rings. The summed E-state index contributed by atoms with van der Waals surface area (Å²) >= 11 is 0. The maximum atomic E-state index is 9.63. The highest BCUT2D eigenvalue weighted by Crippen LogP contribution is 2.15. The summed E-state index contributed by atoms with van der Waals surface area (Å²) in [5.74, 6) is 0. The van der Waals surface area contributed by atoms with Gasteiger partial charge in [0.2, 0.25) is 25.0 Å². The zero-order chi connectivity index (χ0) is 21.5. The molecule has 0 saturated carbocycles. The smallest absolute Gasteiger partial charge is 0.213 e. The fourth-order valence-electron chi connectivity index (χ4n) is 3.28. The van der Waals surface area contributed by atoms with Crippen molar-refractivity contribution >= 4 is 40.5 Å². The SMILES string of the molecule is C[Si](C)(O)c1ccccc1.C[Si](C)(O[Si](C)(C)c1ccccc1)c1ccccc1. The van der Waals surface area contributed by atoms with Gasteiger partial charge in [0.15, 0.2) is 0 Å². The van der Waals surface area contributed by atoms with Gasteiger partial charge in [0.05, 0.1) is 0 Å². The van der Waals surface area contributed by atoms with Gasteiger partial charge in [0.25, 0.3) is 0 Å². The number of hydrogen-bond donors (Lipinski definition) is 1. The molecular formula is C24H34O2Si3. The molecule has 0 aromatic heterocycles. The molecule has 0 aliphatic rings. The lowest BCUT2D eigenvalue weighted by atomic mass is 10.4. The van der Waals surface area contributed by atoms with Crippen molar-refractivity contribution in [3.05, 3.63) is 91.0 Å². The summed E-state index contributed by atoms with van der Waals surface area (Å²) in [6.07, 6.45) is 0. The minimum atomic E-state index is -2.03. The van der Waals surface area contributed by atoms with E-state index in [0.29, 0.717) is 0 Å². The summed E-state index contributed by atoms with van der Waals surface area (Å²) in [5, 5.41) is 3.83. The van der Waals surface area contributed by atoms with Crippen LogP contribution in [0.25, 0.3) is 0 Å². The van der Waals surface area contributed by atoms with Crippen LogP contribution in [0.1, 0.15) is 0 Å². The molecule has 29 heavy (non-hydrogen) atoms. The molecule has 3 rings (SSSR count). The molecule has 0 atom stereocenters. The van der Waals surface area contributed by atoms with Gasteiger partial charge in [-0.25, -0.2) is 0 Å². The van der Waals surface area contributed by atoms with Crippen LogP contribution in [0, 0.1) is 0 Å². The van der Waals surface area contributed by atoms with Crippen molar-refractivity contribution < 1.29 is 8.91 Å². The van der Waals surface area contributed by atoms with Crippen molar-refractivity contribution in [1.29, 1.82) is 0 Å². The lowest BCUT2D eigenvalue weighted by Crippen LogP contribution is -2.57. The van der Waals surface area contributed by atoms with E-state index in [1.165, 1.54) is 10.4 Å². The van der Waals surface area contributed by atoms with Gasteiger partial charge in [-0.2, -0.15) is 0 Å². The summed E-state index contributed by atoms with van der Waals surface area (Å²) in [7, 11) is -5.71. The highest BCUT2D eigenvalue weighted by atomic mass is 28.4. The summed E-state index contributed by atoms with van der Waals surface area (Å²) < 4.78 is 6.68. The largest absolute Gasteiger partial charge is 0.449 e. The molecule has 0 aliphatic heterocycles. The molecule has 0 radical (unpaired) electrons. The Morgan fingerprint density at radius 1 is 0.483 bits per heavy atom. The lowest BCUT2D eigenvalue weighted by molar-refractivity contribution is 0.568. The summed E-state index contributed by atoms with van der Waals surface area (Å²) in [6, 6.07) is 31.2. The second-order valence-electron chi connectivity index (χ2n) is 8.78. The summed E-state index contributed by atoms with van der Waals surface area (Å²) in [6.45, 7) is 13.0. The van der Waals surface area contributed by atoms with Crippen molar-refractivity contribution in [3.8, 4) is 0 Å². The molecule has 2 nitrogen and oxygen atoms in total. The average Bonchev–Trinajstić information content (AvgIpc) is 2.69. The van der Waals surface area contributed by atoms with Crippen LogP contribution in [0.5, 0.6) is 0 Å². The van der Waals surface area contributed by atoms with Crippen LogP contribution in [-0.2, 0) is 4.12 Å². The molecule has 1 N–H and O–H groups in total. The molecule has 0 unspecified atom stereocenters. The quantitative estimate of drug-likeness (QED) is 0.601. The Hall–Kier alpha value is -1.77. The van der Waals surface area contributed by atoms with Gasteiger partial charge in [0.1, 0.15) is 0 Å². The van der Waals surface area contributed by atoms with Gasteiger partial charge < -0.3 is 8.91 Å². The van der Waals surface area contributed by atoms with Gasteiger partial charge in [-0.15, -0.1) is 0 Å². The second kappa shape index (κ2) is 9.82. The Kier molecular flexibility index (Phi) is 7.96. The van der Waals surface area contributed by atoms with Gasteiger partial charge in [-0.1, -0.05) is 91.0 Å². The first-order valence-electron chi connectivity index (χ1n) is 10.1. The van der Waals surface area contributed by atoms with Crippen LogP contribution in [-0.4, -0.2) is 29.7 Å². The first kappa shape index (κ1) is 23.5. The zero-order valence-electron chi connectivity index (χ0n) is 18.5. The minimum Gasteiger partial charge on any atom is -0.449 e. The van der Waals surface area contributed by atoms with Crippen molar-refractivity contribution in [1.82, 2.24) is 0 Å². The molecule has 0 amide bonds. The van der Waals surface area contributed by atoms with Crippen LogP contribution in [0.3, 0.4) is 0 Å². The Labute approximate surface area is 179 Å². The van der Waals surface area contributed by atoms with E-state index in [4.69, 9.17) is 4.12 Å². The molecule has 0 spiro atoms. The Balaban J connectivity index is 0.000000253. The Morgan fingerprint density at radius 2 is 0.759 bits per heavy atom. The molecule has 3 aromatic rings. The first-order valence-corrected chi connectivity index (χ1v) is 18.9. The van der Waals surface area contributed by atoms with E-state index in [-0.39, 0.29) is 0 Å². The van der Waals surface area contributed by atoms with Crippen LogP contribution in [0.4, 0.5) is 0 Å². The molecule has 5 heteroatoms. The number of benzene rings is 3.